The lowest BCUT2D eigenvalue weighted by atomic mass is 9.64. The molecule has 10 rings (SSSR count). The number of hydrogen-bond acceptors (Lipinski definition) is 2. The van der Waals surface area contributed by atoms with Gasteiger partial charge < -0.3 is 9.32 Å². The van der Waals surface area contributed by atoms with E-state index in [1.54, 1.807) is 0 Å². The van der Waals surface area contributed by atoms with Gasteiger partial charge in [0.15, 0.2) is 0 Å². The normalized spacial score (nSPS) is 11.4. The summed E-state index contributed by atoms with van der Waals surface area (Å²) < 4.78 is 6.56. The van der Waals surface area contributed by atoms with Gasteiger partial charge in [-0.25, -0.2) is 0 Å². The number of furan rings is 1. The lowest BCUT2D eigenvalue weighted by molar-refractivity contribution is 0.673. The summed E-state index contributed by atoms with van der Waals surface area (Å²) in [5, 5.41) is 4.33. The molecule has 0 fully saturated rings. The van der Waals surface area contributed by atoms with E-state index in [0.29, 0.717) is 33.1 Å². The molecular weight excluding hydrogens is 698 g/mol. The van der Waals surface area contributed by atoms with Crippen molar-refractivity contribution in [2.75, 3.05) is 4.90 Å². The van der Waals surface area contributed by atoms with Crippen LogP contribution in [-0.2, 0) is 0 Å². The maximum absolute atomic E-state index is 7.05. The number of hydrogen-bond donors (Lipinski definition) is 0. The Morgan fingerprint density at radius 1 is 0.379 bits per heavy atom. The van der Waals surface area contributed by atoms with Gasteiger partial charge in [-0.1, -0.05) is 174 Å². The summed E-state index contributed by atoms with van der Waals surface area (Å²) >= 11 is 0. The maximum atomic E-state index is 7.05. The minimum atomic E-state index is 0.339. The number of anilines is 3. The van der Waals surface area contributed by atoms with Gasteiger partial charge in [0.2, 0.25) is 0 Å². The van der Waals surface area contributed by atoms with Crippen molar-refractivity contribution in [1.29, 1.82) is 0 Å². The Morgan fingerprint density at radius 2 is 0.931 bits per heavy atom. The van der Waals surface area contributed by atoms with Gasteiger partial charge in [0.1, 0.15) is 42.6 Å². The topological polar surface area (TPSA) is 16.4 Å². The van der Waals surface area contributed by atoms with E-state index in [1.165, 1.54) is 11.1 Å². The van der Waals surface area contributed by atoms with Gasteiger partial charge >= 0.3 is 0 Å². The number of rotatable bonds is 7. The first-order valence-electron chi connectivity index (χ1n) is 19.3. The first-order valence-corrected chi connectivity index (χ1v) is 19.3. The molecule has 0 unspecified atom stereocenters. The number of benzene rings is 9. The van der Waals surface area contributed by atoms with E-state index < -0.39 is 0 Å². The lowest BCUT2D eigenvalue weighted by Crippen LogP contribution is -2.46. The molecule has 0 atom stereocenters. The molecule has 0 bridgehead atoms. The predicted molar refractivity (Wildman–Crippen MR) is 249 cm³/mol. The highest BCUT2D eigenvalue weighted by Gasteiger charge is 2.23. The SMILES string of the molecule is [B]c1c([B])c(N(c2ccc(-c3ccc(-c4ccccc4)cc3)cc2)c2cccc(-c3cccc4oc5c6ccccc6ccc5c34)c2)c([B])c([B])c1-c1ccccc1. The Hall–Kier alpha value is -6.90. The summed E-state index contributed by atoms with van der Waals surface area (Å²) in [6.07, 6.45) is 0. The van der Waals surface area contributed by atoms with Crippen LogP contribution in [0.5, 0.6) is 0 Å². The molecule has 0 saturated heterocycles. The van der Waals surface area contributed by atoms with Crippen molar-refractivity contribution in [2.45, 2.75) is 0 Å². The zero-order chi connectivity index (χ0) is 39.3. The molecule has 1 heterocycles. The first-order chi connectivity index (χ1) is 28.4. The predicted octanol–water partition coefficient (Wildman–Crippen LogP) is 10.1. The van der Waals surface area contributed by atoms with E-state index >= 15 is 0 Å². The average molecular weight is 729 g/mol. The Labute approximate surface area is 343 Å². The van der Waals surface area contributed by atoms with Crippen LogP contribution >= 0.6 is 0 Å². The van der Waals surface area contributed by atoms with Crippen LogP contribution in [0.3, 0.4) is 0 Å². The Morgan fingerprint density at radius 3 is 1.60 bits per heavy atom. The second kappa shape index (κ2) is 14.6. The summed E-state index contributed by atoms with van der Waals surface area (Å²) in [5.74, 6) is 0. The zero-order valence-electron chi connectivity index (χ0n) is 31.6. The molecule has 0 N–H and O–H groups in total. The number of fused-ring (bicyclic) bond motifs is 5. The molecule has 6 heteroatoms. The highest BCUT2D eigenvalue weighted by atomic mass is 16.3. The van der Waals surface area contributed by atoms with Gasteiger partial charge in [-0.15, -0.1) is 0 Å². The molecule has 0 amide bonds. The third-order valence-electron chi connectivity index (χ3n) is 11.2. The molecule has 0 aliphatic rings. The largest absolute Gasteiger partial charge is 0.455 e. The van der Waals surface area contributed by atoms with Gasteiger partial charge in [0.25, 0.3) is 0 Å². The van der Waals surface area contributed by atoms with E-state index in [4.69, 9.17) is 35.8 Å². The standard InChI is InChI=1S/C52H31B4NO/c53-47-45(37-14-5-2-6-15-37)48(54)50(56)51(49(47)55)57(39-28-25-35(26-29-39)34-23-21-33(22-24-34)32-11-3-1-4-12-32)40-17-9-16-38(31-40)41-19-10-20-44-46(41)43-30-27-36-13-7-8-18-42(36)52(43)58-44/h1-31H. The summed E-state index contributed by atoms with van der Waals surface area (Å²) in [4.78, 5) is 2.05. The van der Waals surface area contributed by atoms with Gasteiger partial charge in [0.05, 0.1) is 0 Å². The van der Waals surface area contributed by atoms with Crippen LogP contribution in [0.4, 0.5) is 17.1 Å². The Bertz CT molecular complexity index is 3110. The third kappa shape index (κ3) is 6.04. The molecule has 0 aliphatic heterocycles. The van der Waals surface area contributed by atoms with Crippen LogP contribution in [0.15, 0.2) is 192 Å². The highest BCUT2D eigenvalue weighted by molar-refractivity contribution is 6.63. The quantitative estimate of drug-likeness (QED) is 0.152. The van der Waals surface area contributed by atoms with Crippen LogP contribution in [0, 0.1) is 0 Å². The molecule has 0 aliphatic carbocycles. The molecule has 10 aromatic rings. The molecule has 58 heavy (non-hydrogen) atoms. The van der Waals surface area contributed by atoms with Crippen LogP contribution in [-0.4, -0.2) is 31.4 Å². The molecule has 9 aromatic carbocycles. The molecule has 0 spiro atoms. The Kier molecular flexibility index (Phi) is 8.91. The molecule has 262 valence electrons. The molecule has 1 aromatic heterocycles. The van der Waals surface area contributed by atoms with Crippen molar-refractivity contribution >= 4 is 103 Å². The maximum Gasteiger partial charge on any atom is 0.143 e. The van der Waals surface area contributed by atoms with Crippen molar-refractivity contribution in [3.05, 3.63) is 188 Å². The third-order valence-corrected chi connectivity index (χ3v) is 11.2. The second-order valence-electron chi connectivity index (χ2n) is 14.6. The van der Waals surface area contributed by atoms with Crippen molar-refractivity contribution in [1.82, 2.24) is 0 Å². The average Bonchev–Trinajstić information content (AvgIpc) is 3.68. The molecule has 0 saturated carbocycles. The molecular formula is C52H31B4NO. The van der Waals surface area contributed by atoms with E-state index in [2.05, 4.69) is 126 Å². The Balaban J connectivity index is 1.13. The van der Waals surface area contributed by atoms with Gasteiger partial charge in [0, 0.05) is 33.2 Å². The van der Waals surface area contributed by atoms with Crippen molar-refractivity contribution in [2.24, 2.45) is 0 Å². The second-order valence-corrected chi connectivity index (χ2v) is 14.6. The lowest BCUT2D eigenvalue weighted by Gasteiger charge is -2.33. The van der Waals surface area contributed by atoms with Crippen LogP contribution in [0.25, 0.3) is 77.2 Å². The fourth-order valence-corrected chi connectivity index (χ4v) is 8.27. The van der Waals surface area contributed by atoms with Gasteiger partial charge in [-0.3, -0.25) is 0 Å². The highest BCUT2D eigenvalue weighted by Crippen LogP contribution is 2.42. The first kappa shape index (κ1) is 35.5. The van der Waals surface area contributed by atoms with Crippen LogP contribution < -0.4 is 26.8 Å². The monoisotopic (exact) mass is 729 g/mol. The van der Waals surface area contributed by atoms with E-state index in [0.717, 1.165) is 71.9 Å². The zero-order valence-corrected chi connectivity index (χ0v) is 31.6. The van der Waals surface area contributed by atoms with Gasteiger partial charge in [-0.05, 0) is 86.3 Å². The summed E-state index contributed by atoms with van der Waals surface area (Å²) in [6, 6.07) is 64.3. The minimum absolute atomic E-state index is 0.339. The van der Waals surface area contributed by atoms with Gasteiger partial charge in [-0.2, -0.15) is 0 Å². The number of nitrogens with zero attached hydrogens (tertiary/aromatic N) is 1. The minimum Gasteiger partial charge on any atom is -0.455 e. The van der Waals surface area contributed by atoms with Crippen LogP contribution in [0.1, 0.15) is 0 Å². The molecule has 2 nitrogen and oxygen atoms in total. The fraction of sp³-hybridized carbons (Fsp3) is 0. The summed E-state index contributed by atoms with van der Waals surface area (Å²) in [7, 11) is 27.9. The summed E-state index contributed by atoms with van der Waals surface area (Å²) in [5.41, 5.74) is 13.3. The van der Waals surface area contributed by atoms with Crippen molar-refractivity contribution < 1.29 is 4.42 Å². The summed E-state index contributed by atoms with van der Waals surface area (Å²) in [6.45, 7) is 0. The van der Waals surface area contributed by atoms with E-state index in [-0.39, 0.29) is 0 Å². The van der Waals surface area contributed by atoms with Crippen molar-refractivity contribution in [3.8, 4) is 44.5 Å². The molecule has 8 radical (unpaired) electrons. The van der Waals surface area contributed by atoms with E-state index in [9.17, 15) is 0 Å². The fourth-order valence-electron chi connectivity index (χ4n) is 8.27. The smallest absolute Gasteiger partial charge is 0.143 e. The van der Waals surface area contributed by atoms with Crippen LogP contribution in [0.2, 0.25) is 0 Å². The van der Waals surface area contributed by atoms with E-state index in [1.807, 2.05) is 66.7 Å². The van der Waals surface area contributed by atoms with Crippen molar-refractivity contribution in [3.63, 3.8) is 0 Å².